The molecule has 116 valence electrons. The van der Waals surface area contributed by atoms with Crippen LogP contribution >= 0.6 is 0 Å². The van der Waals surface area contributed by atoms with Crippen molar-refractivity contribution in [3.05, 3.63) is 29.8 Å². The van der Waals surface area contributed by atoms with Gasteiger partial charge in [-0.05, 0) is 25.0 Å². The first-order valence-electron chi connectivity index (χ1n) is 7.85. The van der Waals surface area contributed by atoms with E-state index in [9.17, 15) is 4.79 Å². The van der Waals surface area contributed by atoms with E-state index in [0.29, 0.717) is 11.9 Å². The van der Waals surface area contributed by atoms with Gasteiger partial charge in [-0.2, -0.15) is 4.80 Å². The van der Waals surface area contributed by atoms with Crippen molar-refractivity contribution in [3.63, 3.8) is 0 Å². The van der Waals surface area contributed by atoms with Gasteiger partial charge >= 0.3 is 0 Å². The highest BCUT2D eigenvalue weighted by Gasteiger charge is 2.16. The fourth-order valence-electron chi connectivity index (χ4n) is 2.78. The smallest absolute Gasteiger partial charge is 0.243 e. The van der Waals surface area contributed by atoms with Crippen molar-refractivity contribution < 1.29 is 4.79 Å². The van der Waals surface area contributed by atoms with Gasteiger partial charge in [0.2, 0.25) is 11.7 Å². The highest BCUT2D eigenvalue weighted by atomic mass is 16.2. The quantitative estimate of drug-likeness (QED) is 0.938. The van der Waals surface area contributed by atoms with Gasteiger partial charge in [-0.15, -0.1) is 10.2 Å². The Labute approximate surface area is 129 Å². The number of hydrogen-bond donors (Lipinski definition) is 1. The predicted molar refractivity (Wildman–Crippen MR) is 83.0 cm³/mol. The number of nitrogens with zero attached hydrogens (tertiary/aromatic N) is 4. The summed E-state index contributed by atoms with van der Waals surface area (Å²) in [5.41, 5.74) is 2.09. The lowest BCUT2D eigenvalue weighted by Crippen LogP contribution is -2.38. The molecule has 22 heavy (non-hydrogen) atoms. The molecule has 1 saturated carbocycles. The molecular weight excluding hydrogens is 278 g/mol. The van der Waals surface area contributed by atoms with Crippen molar-refractivity contribution >= 4 is 5.91 Å². The van der Waals surface area contributed by atoms with E-state index >= 15 is 0 Å². The monoisotopic (exact) mass is 299 g/mol. The normalized spacial score (nSPS) is 15.7. The van der Waals surface area contributed by atoms with E-state index in [4.69, 9.17) is 0 Å². The second-order valence-corrected chi connectivity index (χ2v) is 5.91. The number of hydrogen-bond acceptors (Lipinski definition) is 4. The third-order valence-corrected chi connectivity index (χ3v) is 4.02. The summed E-state index contributed by atoms with van der Waals surface area (Å²) in [4.78, 5) is 13.4. The highest BCUT2D eigenvalue weighted by Crippen LogP contribution is 2.17. The summed E-state index contributed by atoms with van der Waals surface area (Å²) in [5, 5.41) is 15.3. The molecule has 1 N–H and O–H groups in total. The lowest BCUT2D eigenvalue weighted by Gasteiger charge is -2.22. The first kappa shape index (κ1) is 14.7. The van der Waals surface area contributed by atoms with E-state index in [1.807, 2.05) is 31.2 Å². The van der Waals surface area contributed by atoms with Crippen molar-refractivity contribution in [3.8, 4) is 11.4 Å². The third-order valence-electron chi connectivity index (χ3n) is 4.02. The van der Waals surface area contributed by atoms with Crippen LogP contribution in [0.2, 0.25) is 0 Å². The second-order valence-electron chi connectivity index (χ2n) is 5.91. The summed E-state index contributed by atoms with van der Waals surface area (Å²) >= 11 is 0. The zero-order valence-electron chi connectivity index (χ0n) is 12.8. The molecule has 0 atom stereocenters. The molecule has 0 radical (unpaired) electrons. The minimum Gasteiger partial charge on any atom is -0.352 e. The van der Waals surface area contributed by atoms with Gasteiger partial charge in [0.05, 0.1) is 0 Å². The molecule has 1 aromatic heterocycles. The Balaban J connectivity index is 1.59. The molecule has 1 fully saturated rings. The molecule has 1 aromatic carbocycles. The van der Waals surface area contributed by atoms with Crippen LogP contribution in [-0.4, -0.2) is 32.2 Å². The fourth-order valence-corrected chi connectivity index (χ4v) is 2.78. The van der Waals surface area contributed by atoms with Crippen molar-refractivity contribution in [2.24, 2.45) is 0 Å². The summed E-state index contributed by atoms with van der Waals surface area (Å²) in [6.45, 7) is 2.15. The van der Waals surface area contributed by atoms with Gasteiger partial charge in [0.1, 0.15) is 6.54 Å². The van der Waals surface area contributed by atoms with E-state index in [2.05, 4.69) is 20.7 Å². The summed E-state index contributed by atoms with van der Waals surface area (Å²) in [5.74, 6) is 0.505. The Morgan fingerprint density at radius 2 is 1.95 bits per heavy atom. The molecule has 0 bridgehead atoms. The van der Waals surface area contributed by atoms with Gasteiger partial charge in [0.15, 0.2) is 0 Å². The first-order valence-corrected chi connectivity index (χ1v) is 7.85. The number of rotatable bonds is 4. The Kier molecular flexibility index (Phi) is 4.46. The van der Waals surface area contributed by atoms with Crippen LogP contribution in [0.15, 0.2) is 24.3 Å². The number of tetrazole rings is 1. The average molecular weight is 299 g/mol. The third kappa shape index (κ3) is 3.69. The molecule has 1 amide bonds. The van der Waals surface area contributed by atoms with Crippen molar-refractivity contribution in [2.75, 3.05) is 0 Å². The van der Waals surface area contributed by atoms with Crippen LogP contribution in [0.4, 0.5) is 0 Å². The molecule has 3 rings (SSSR count). The Hall–Kier alpha value is -2.24. The molecule has 0 aliphatic heterocycles. The molecular formula is C16H21N5O. The van der Waals surface area contributed by atoms with Crippen LogP contribution in [0, 0.1) is 6.92 Å². The van der Waals surface area contributed by atoms with Crippen molar-refractivity contribution in [1.29, 1.82) is 0 Å². The van der Waals surface area contributed by atoms with E-state index in [0.717, 1.165) is 18.4 Å². The standard InChI is InChI=1S/C16H21N5O/c1-12-7-9-13(10-8-12)16-18-20-21(19-16)11-15(22)17-14-5-3-2-4-6-14/h7-10,14H,2-6,11H2,1H3,(H,17,22). The fraction of sp³-hybridized carbons (Fsp3) is 0.500. The molecule has 6 heteroatoms. The van der Waals surface area contributed by atoms with E-state index in [1.54, 1.807) is 0 Å². The molecule has 0 spiro atoms. The minimum atomic E-state index is -0.0419. The molecule has 6 nitrogen and oxygen atoms in total. The van der Waals surface area contributed by atoms with E-state index in [1.165, 1.54) is 29.6 Å². The first-order chi connectivity index (χ1) is 10.7. The van der Waals surface area contributed by atoms with Gasteiger partial charge in [-0.25, -0.2) is 0 Å². The van der Waals surface area contributed by atoms with Gasteiger partial charge in [-0.1, -0.05) is 49.1 Å². The van der Waals surface area contributed by atoms with Crippen LogP contribution in [-0.2, 0) is 11.3 Å². The number of benzene rings is 1. The predicted octanol–water partition coefficient (Wildman–Crippen LogP) is 2.10. The van der Waals surface area contributed by atoms with Crippen LogP contribution in [0.25, 0.3) is 11.4 Å². The zero-order chi connectivity index (χ0) is 15.4. The molecule has 1 heterocycles. The Bertz CT molecular complexity index is 628. The van der Waals surface area contributed by atoms with Crippen LogP contribution < -0.4 is 5.32 Å². The number of aryl methyl sites for hydroxylation is 1. The number of carbonyl (C=O) groups excluding carboxylic acids is 1. The number of carbonyl (C=O) groups is 1. The molecule has 2 aromatic rings. The Morgan fingerprint density at radius 1 is 1.23 bits per heavy atom. The largest absolute Gasteiger partial charge is 0.352 e. The van der Waals surface area contributed by atoms with Gasteiger partial charge in [-0.3, -0.25) is 4.79 Å². The topological polar surface area (TPSA) is 72.7 Å². The molecule has 0 saturated heterocycles. The summed E-state index contributed by atoms with van der Waals surface area (Å²) < 4.78 is 0. The number of aromatic nitrogens is 4. The second kappa shape index (κ2) is 6.68. The maximum atomic E-state index is 12.0. The summed E-state index contributed by atoms with van der Waals surface area (Å²) in [6.07, 6.45) is 5.82. The van der Waals surface area contributed by atoms with Crippen LogP contribution in [0.5, 0.6) is 0 Å². The lowest BCUT2D eigenvalue weighted by atomic mass is 9.95. The molecule has 0 unspecified atom stereocenters. The minimum absolute atomic E-state index is 0.0419. The van der Waals surface area contributed by atoms with Gasteiger partial charge in [0.25, 0.3) is 0 Å². The van der Waals surface area contributed by atoms with E-state index in [-0.39, 0.29) is 12.5 Å². The SMILES string of the molecule is Cc1ccc(-c2nnn(CC(=O)NC3CCCCC3)n2)cc1. The maximum Gasteiger partial charge on any atom is 0.243 e. The van der Waals surface area contributed by atoms with Gasteiger partial charge in [0, 0.05) is 11.6 Å². The van der Waals surface area contributed by atoms with Crippen molar-refractivity contribution in [2.45, 2.75) is 51.6 Å². The van der Waals surface area contributed by atoms with Crippen molar-refractivity contribution in [1.82, 2.24) is 25.5 Å². The van der Waals surface area contributed by atoms with Gasteiger partial charge < -0.3 is 5.32 Å². The highest BCUT2D eigenvalue weighted by molar-refractivity contribution is 5.75. The maximum absolute atomic E-state index is 12.0. The average Bonchev–Trinajstić information content (AvgIpc) is 2.97. The van der Waals surface area contributed by atoms with Crippen LogP contribution in [0.3, 0.4) is 0 Å². The molecule has 1 aliphatic carbocycles. The summed E-state index contributed by atoms with van der Waals surface area (Å²) in [7, 11) is 0. The number of nitrogens with one attached hydrogen (secondary N) is 1. The van der Waals surface area contributed by atoms with E-state index < -0.39 is 0 Å². The van der Waals surface area contributed by atoms with Crippen LogP contribution in [0.1, 0.15) is 37.7 Å². The number of amides is 1. The summed E-state index contributed by atoms with van der Waals surface area (Å²) in [6, 6.07) is 8.23. The molecule has 1 aliphatic rings. The Morgan fingerprint density at radius 3 is 2.68 bits per heavy atom. The lowest BCUT2D eigenvalue weighted by molar-refractivity contribution is -0.123. The zero-order valence-corrected chi connectivity index (χ0v) is 12.8.